The standard InChI is InChI=1S/C11H11N5O2S2/c1-19-11-13-9(15-12)6-10(14-11)20-8-5-3-2-4-7(8)16(17)18/h2-6H,12H2,1H3,(H,13,14,15). The molecule has 0 amide bonds. The number of nitro groups is 1. The zero-order valence-electron chi connectivity index (χ0n) is 10.4. The zero-order valence-corrected chi connectivity index (χ0v) is 12.1. The molecule has 0 saturated heterocycles. The molecule has 0 aliphatic heterocycles. The average molecular weight is 309 g/mol. The van der Waals surface area contributed by atoms with Gasteiger partial charge in [0.05, 0.1) is 9.82 Å². The second kappa shape index (κ2) is 6.55. The lowest BCUT2D eigenvalue weighted by atomic mass is 10.3. The molecule has 0 atom stereocenters. The maximum atomic E-state index is 11.0. The normalized spacial score (nSPS) is 10.3. The summed E-state index contributed by atoms with van der Waals surface area (Å²) in [4.78, 5) is 19.5. The van der Waals surface area contributed by atoms with Crippen molar-refractivity contribution in [2.75, 3.05) is 11.7 Å². The van der Waals surface area contributed by atoms with Gasteiger partial charge in [0.25, 0.3) is 5.69 Å². The highest BCUT2D eigenvalue weighted by Crippen LogP contribution is 2.34. The number of nitrogens with one attached hydrogen (secondary N) is 1. The van der Waals surface area contributed by atoms with Crippen LogP contribution in [0.1, 0.15) is 0 Å². The van der Waals surface area contributed by atoms with Crippen molar-refractivity contribution in [3.63, 3.8) is 0 Å². The highest BCUT2D eigenvalue weighted by atomic mass is 32.2. The lowest BCUT2D eigenvalue weighted by Gasteiger charge is -2.06. The second-order valence-corrected chi connectivity index (χ2v) is 5.38. The smallest absolute Gasteiger partial charge is 0.283 e. The van der Waals surface area contributed by atoms with Crippen LogP contribution in [0.25, 0.3) is 0 Å². The summed E-state index contributed by atoms with van der Waals surface area (Å²) in [5, 5.41) is 12.1. The first-order valence-corrected chi connectivity index (χ1v) is 7.49. The van der Waals surface area contributed by atoms with Crippen molar-refractivity contribution in [2.24, 2.45) is 5.84 Å². The van der Waals surface area contributed by atoms with Gasteiger partial charge in [0, 0.05) is 12.1 Å². The summed E-state index contributed by atoms with van der Waals surface area (Å²) < 4.78 is 0. The number of para-hydroxylation sites is 1. The molecule has 0 radical (unpaired) electrons. The molecule has 2 aromatic rings. The van der Waals surface area contributed by atoms with Gasteiger partial charge in [-0.25, -0.2) is 15.8 Å². The van der Waals surface area contributed by atoms with E-state index in [1.165, 1.54) is 29.6 Å². The Bertz CT molecular complexity index is 616. The SMILES string of the molecule is CSc1nc(NN)cc(Sc2ccccc2[N+](=O)[O-])n1. The lowest BCUT2D eigenvalue weighted by molar-refractivity contribution is -0.387. The van der Waals surface area contributed by atoms with Crippen LogP contribution < -0.4 is 11.3 Å². The minimum Gasteiger partial charge on any atom is -0.308 e. The van der Waals surface area contributed by atoms with Gasteiger partial charge >= 0.3 is 0 Å². The molecule has 20 heavy (non-hydrogen) atoms. The monoisotopic (exact) mass is 309 g/mol. The average Bonchev–Trinajstić information content (AvgIpc) is 2.47. The van der Waals surface area contributed by atoms with Gasteiger partial charge in [-0.2, -0.15) is 0 Å². The van der Waals surface area contributed by atoms with Crippen molar-refractivity contribution in [3.8, 4) is 0 Å². The first kappa shape index (κ1) is 14.6. The summed E-state index contributed by atoms with van der Waals surface area (Å²) in [6.45, 7) is 0. The van der Waals surface area contributed by atoms with Crippen LogP contribution in [0.2, 0.25) is 0 Å². The first-order chi connectivity index (χ1) is 9.63. The molecule has 0 aliphatic carbocycles. The Hall–Kier alpha value is -1.84. The van der Waals surface area contributed by atoms with Crippen LogP contribution in [0.15, 0.2) is 45.4 Å². The fraction of sp³-hybridized carbons (Fsp3) is 0.0909. The van der Waals surface area contributed by atoms with Gasteiger partial charge < -0.3 is 5.43 Å². The number of thioether (sulfide) groups is 1. The third-order valence-electron chi connectivity index (χ3n) is 2.29. The maximum absolute atomic E-state index is 11.0. The van der Waals surface area contributed by atoms with E-state index in [4.69, 9.17) is 5.84 Å². The van der Waals surface area contributed by atoms with E-state index in [0.29, 0.717) is 20.9 Å². The summed E-state index contributed by atoms with van der Waals surface area (Å²) in [5.74, 6) is 5.81. The second-order valence-electron chi connectivity index (χ2n) is 3.55. The number of nitrogen functional groups attached to an aromatic ring is 1. The minimum atomic E-state index is -0.416. The van der Waals surface area contributed by atoms with Gasteiger partial charge in [-0.1, -0.05) is 35.7 Å². The van der Waals surface area contributed by atoms with Crippen LogP contribution >= 0.6 is 23.5 Å². The Balaban J connectivity index is 2.37. The Kier molecular flexibility index (Phi) is 4.77. The molecular weight excluding hydrogens is 298 g/mol. The summed E-state index contributed by atoms with van der Waals surface area (Å²) in [5.41, 5.74) is 2.50. The quantitative estimate of drug-likeness (QED) is 0.217. The predicted octanol–water partition coefficient (Wildman–Crippen LogP) is 2.54. The van der Waals surface area contributed by atoms with Crippen molar-refractivity contribution < 1.29 is 4.92 Å². The summed E-state index contributed by atoms with van der Waals surface area (Å²) in [6.07, 6.45) is 1.84. The number of anilines is 1. The van der Waals surface area contributed by atoms with E-state index in [0.717, 1.165) is 0 Å². The van der Waals surface area contributed by atoms with Crippen LogP contribution in [-0.2, 0) is 0 Å². The van der Waals surface area contributed by atoms with E-state index in [1.807, 2.05) is 6.26 Å². The third-order valence-corrected chi connectivity index (χ3v) is 3.82. The van der Waals surface area contributed by atoms with Crippen molar-refractivity contribution >= 4 is 35.0 Å². The van der Waals surface area contributed by atoms with Crippen LogP contribution in [0.5, 0.6) is 0 Å². The van der Waals surface area contributed by atoms with E-state index in [9.17, 15) is 10.1 Å². The molecule has 1 aromatic carbocycles. The molecule has 0 bridgehead atoms. The van der Waals surface area contributed by atoms with Crippen LogP contribution in [0.4, 0.5) is 11.5 Å². The maximum Gasteiger partial charge on any atom is 0.283 e. The molecule has 104 valence electrons. The number of aromatic nitrogens is 2. The Labute approximate surface area is 123 Å². The van der Waals surface area contributed by atoms with E-state index in [1.54, 1.807) is 24.3 Å². The highest BCUT2D eigenvalue weighted by Gasteiger charge is 2.15. The minimum absolute atomic E-state index is 0.0454. The largest absolute Gasteiger partial charge is 0.308 e. The third kappa shape index (κ3) is 3.38. The summed E-state index contributed by atoms with van der Waals surface area (Å²) >= 11 is 2.57. The topological polar surface area (TPSA) is 107 Å². The van der Waals surface area contributed by atoms with E-state index < -0.39 is 4.92 Å². The number of hydrogen-bond donors (Lipinski definition) is 2. The lowest BCUT2D eigenvalue weighted by Crippen LogP contribution is -2.09. The summed E-state index contributed by atoms with van der Waals surface area (Å²) in [6, 6.07) is 8.15. The van der Waals surface area contributed by atoms with Gasteiger partial charge in [-0.3, -0.25) is 10.1 Å². The molecule has 1 aromatic heterocycles. The number of hydrazine groups is 1. The fourth-order valence-electron chi connectivity index (χ4n) is 1.43. The number of benzene rings is 1. The number of rotatable bonds is 5. The van der Waals surface area contributed by atoms with Crippen molar-refractivity contribution in [1.29, 1.82) is 0 Å². The van der Waals surface area contributed by atoms with Crippen LogP contribution in [0, 0.1) is 10.1 Å². The fourth-order valence-corrected chi connectivity index (χ4v) is 2.79. The first-order valence-electron chi connectivity index (χ1n) is 5.45. The molecule has 3 N–H and O–H groups in total. The van der Waals surface area contributed by atoms with Crippen LogP contribution in [0.3, 0.4) is 0 Å². The molecule has 0 spiro atoms. The molecule has 0 unspecified atom stereocenters. The molecule has 7 nitrogen and oxygen atoms in total. The van der Waals surface area contributed by atoms with Crippen molar-refractivity contribution in [3.05, 3.63) is 40.4 Å². The number of nitrogens with two attached hydrogens (primary N) is 1. The molecule has 9 heteroatoms. The van der Waals surface area contributed by atoms with E-state index in [2.05, 4.69) is 15.4 Å². The molecule has 0 fully saturated rings. The Morgan fingerprint density at radius 1 is 1.35 bits per heavy atom. The van der Waals surface area contributed by atoms with Gasteiger partial charge in [0.2, 0.25) is 0 Å². The van der Waals surface area contributed by atoms with Crippen LogP contribution in [-0.4, -0.2) is 21.1 Å². The van der Waals surface area contributed by atoms with Crippen molar-refractivity contribution in [1.82, 2.24) is 9.97 Å². The number of nitrogens with zero attached hydrogens (tertiary/aromatic N) is 3. The molecule has 0 aliphatic rings. The van der Waals surface area contributed by atoms with E-state index >= 15 is 0 Å². The highest BCUT2D eigenvalue weighted by molar-refractivity contribution is 7.99. The predicted molar refractivity (Wildman–Crippen MR) is 78.8 cm³/mol. The molecule has 1 heterocycles. The summed E-state index contributed by atoms with van der Waals surface area (Å²) in [7, 11) is 0. The van der Waals surface area contributed by atoms with Gasteiger partial charge in [0.1, 0.15) is 10.8 Å². The Morgan fingerprint density at radius 2 is 2.10 bits per heavy atom. The number of hydrogen-bond acceptors (Lipinski definition) is 8. The molecular formula is C11H11N5O2S2. The molecule has 2 rings (SSSR count). The molecule has 0 saturated carbocycles. The van der Waals surface area contributed by atoms with Crippen molar-refractivity contribution in [2.45, 2.75) is 15.1 Å². The Morgan fingerprint density at radius 3 is 2.75 bits per heavy atom. The van der Waals surface area contributed by atoms with E-state index in [-0.39, 0.29) is 5.69 Å². The van der Waals surface area contributed by atoms with Gasteiger partial charge in [-0.15, -0.1) is 0 Å². The number of nitro benzene ring substituents is 1. The van der Waals surface area contributed by atoms with Gasteiger partial charge in [0.15, 0.2) is 5.16 Å². The van der Waals surface area contributed by atoms with Gasteiger partial charge in [-0.05, 0) is 12.3 Å². The zero-order chi connectivity index (χ0) is 14.5.